The fourth-order valence-corrected chi connectivity index (χ4v) is 6.02. The van der Waals surface area contributed by atoms with Crippen molar-refractivity contribution in [3.05, 3.63) is 41.3 Å². The summed E-state index contributed by atoms with van der Waals surface area (Å²) in [6.07, 6.45) is 5.17. The minimum absolute atomic E-state index is 0.401. The standard InChI is InChI=1S/C20H24N2O2S2/c1-2-16-7-10-20(25-16)19-14-15-13-17(8-9-18(15)21-19)26(23,24)22-11-5-3-4-6-12-22/h7-10,13-14,21H,2-6,11-12H2,1H3. The van der Waals surface area contributed by atoms with E-state index in [1.165, 1.54) is 9.75 Å². The van der Waals surface area contributed by atoms with Gasteiger partial charge in [0.05, 0.1) is 15.5 Å². The van der Waals surface area contributed by atoms with Crippen LogP contribution in [-0.2, 0) is 16.4 Å². The minimum atomic E-state index is -3.41. The predicted octanol–water partition coefficient (Wildman–Crippen LogP) is 5.02. The first-order valence-corrected chi connectivity index (χ1v) is 11.6. The highest BCUT2D eigenvalue weighted by Gasteiger charge is 2.25. The van der Waals surface area contributed by atoms with Crippen LogP contribution in [0.2, 0.25) is 0 Å². The zero-order valence-electron chi connectivity index (χ0n) is 15.0. The topological polar surface area (TPSA) is 53.2 Å². The Kier molecular flexibility index (Phi) is 4.90. The molecule has 4 nitrogen and oxygen atoms in total. The summed E-state index contributed by atoms with van der Waals surface area (Å²) in [6.45, 7) is 3.42. The molecule has 3 aromatic rings. The molecular formula is C20H24N2O2S2. The normalized spacial score (nSPS) is 16.8. The Hall–Kier alpha value is -1.63. The number of rotatable bonds is 4. The van der Waals surface area contributed by atoms with Gasteiger partial charge in [0.25, 0.3) is 0 Å². The van der Waals surface area contributed by atoms with Crippen LogP contribution in [0.15, 0.2) is 41.3 Å². The number of nitrogens with one attached hydrogen (secondary N) is 1. The second-order valence-corrected chi connectivity index (χ2v) is 9.98. The number of sulfonamides is 1. The SMILES string of the molecule is CCc1ccc(-c2cc3cc(S(=O)(=O)N4CCCCCC4)ccc3[nH]2)s1. The van der Waals surface area contributed by atoms with Gasteiger partial charge in [-0.25, -0.2) is 8.42 Å². The molecule has 3 heterocycles. The van der Waals surface area contributed by atoms with Crippen molar-refractivity contribution in [1.82, 2.24) is 9.29 Å². The van der Waals surface area contributed by atoms with Gasteiger partial charge in [-0.15, -0.1) is 11.3 Å². The van der Waals surface area contributed by atoms with Gasteiger partial charge in [0.1, 0.15) is 0 Å². The molecule has 0 bridgehead atoms. The monoisotopic (exact) mass is 388 g/mol. The maximum Gasteiger partial charge on any atom is 0.243 e. The number of benzene rings is 1. The molecule has 6 heteroatoms. The number of hydrogen-bond donors (Lipinski definition) is 1. The molecule has 1 aliphatic rings. The van der Waals surface area contributed by atoms with E-state index in [9.17, 15) is 8.42 Å². The lowest BCUT2D eigenvalue weighted by Gasteiger charge is -2.19. The number of aromatic amines is 1. The molecule has 2 aromatic heterocycles. The summed E-state index contributed by atoms with van der Waals surface area (Å²) < 4.78 is 27.7. The van der Waals surface area contributed by atoms with Crippen LogP contribution in [0.1, 0.15) is 37.5 Å². The summed E-state index contributed by atoms with van der Waals surface area (Å²) in [5.41, 5.74) is 2.02. The Bertz CT molecular complexity index is 1010. The molecule has 138 valence electrons. The van der Waals surface area contributed by atoms with Gasteiger partial charge in [0.2, 0.25) is 10.0 Å². The molecule has 0 radical (unpaired) electrons. The number of nitrogens with zero attached hydrogens (tertiary/aromatic N) is 1. The second kappa shape index (κ2) is 7.18. The van der Waals surface area contributed by atoms with Crippen LogP contribution in [0, 0.1) is 0 Å². The van der Waals surface area contributed by atoms with Crippen LogP contribution in [0.3, 0.4) is 0 Å². The van der Waals surface area contributed by atoms with E-state index in [2.05, 4.69) is 30.1 Å². The minimum Gasteiger partial charge on any atom is -0.354 e. The number of aromatic nitrogens is 1. The Labute approximate surface area is 158 Å². The van der Waals surface area contributed by atoms with E-state index in [1.807, 2.05) is 12.1 Å². The summed E-state index contributed by atoms with van der Waals surface area (Å²) in [4.78, 5) is 6.36. The van der Waals surface area contributed by atoms with Gasteiger partial charge < -0.3 is 4.98 Å². The lowest BCUT2D eigenvalue weighted by atomic mass is 10.2. The van der Waals surface area contributed by atoms with Crippen molar-refractivity contribution in [3.63, 3.8) is 0 Å². The van der Waals surface area contributed by atoms with Crippen LogP contribution in [0.4, 0.5) is 0 Å². The number of thiophene rings is 1. The van der Waals surface area contributed by atoms with Crippen molar-refractivity contribution in [2.75, 3.05) is 13.1 Å². The molecule has 0 aliphatic carbocycles. The van der Waals surface area contributed by atoms with E-state index >= 15 is 0 Å². The van der Waals surface area contributed by atoms with Crippen molar-refractivity contribution in [3.8, 4) is 10.6 Å². The second-order valence-electron chi connectivity index (χ2n) is 6.87. The van der Waals surface area contributed by atoms with Crippen LogP contribution in [-0.4, -0.2) is 30.8 Å². The molecule has 0 atom stereocenters. The third-order valence-corrected chi connectivity index (χ3v) is 8.23. The third-order valence-electron chi connectivity index (χ3n) is 5.07. The Morgan fingerprint density at radius 1 is 1.04 bits per heavy atom. The average molecular weight is 389 g/mol. The van der Waals surface area contributed by atoms with Gasteiger partial charge in [-0.2, -0.15) is 4.31 Å². The van der Waals surface area contributed by atoms with Gasteiger partial charge in [-0.05, 0) is 55.7 Å². The number of hydrogen-bond acceptors (Lipinski definition) is 3. The smallest absolute Gasteiger partial charge is 0.243 e. The zero-order valence-corrected chi connectivity index (χ0v) is 16.6. The van der Waals surface area contributed by atoms with Crippen LogP contribution >= 0.6 is 11.3 Å². The van der Waals surface area contributed by atoms with E-state index in [1.54, 1.807) is 21.7 Å². The molecule has 26 heavy (non-hydrogen) atoms. The maximum absolute atomic E-state index is 13.0. The van der Waals surface area contributed by atoms with Crippen molar-refractivity contribution in [2.24, 2.45) is 0 Å². The summed E-state index contributed by atoms with van der Waals surface area (Å²) in [5, 5.41) is 0.947. The molecule has 1 saturated heterocycles. The summed E-state index contributed by atoms with van der Waals surface area (Å²) in [7, 11) is -3.41. The van der Waals surface area contributed by atoms with E-state index in [0.29, 0.717) is 18.0 Å². The van der Waals surface area contributed by atoms with Crippen LogP contribution < -0.4 is 0 Å². The molecule has 0 saturated carbocycles. The first-order chi connectivity index (χ1) is 12.6. The molecule has 1 fully saturated rings. The molecular weight excluding hydrogens is 364 g/mol. The Balaban J connectivity index is 1.68. The fourth-order valence-electron chi connectivity index (χ4n) is 3.55. The highest BCUT2D eigenvalue weighted by Crippen LogP contribution is 2.32. The van der Waals surface area contributed by atoms with Gasteiger partial charge in [-0.1, -0.05) is 19.8 Å². The lowest BCUT2D eigenvalue weighted by molar-refractivity contribution is 0.424. The van der Waals surface area contributed by atoms with Crippen molar-refractivity contribution in [2.45, 2.75) is 43.9 Å². The highest BCUT2D eigenvalue weighted by molar-refractivity contribution is 7.89. The fraction of sp³-hybridized carbons (Fsp3) is 0.400. The molecule has 1 aromatic carbocycles. The van der Waals surface area contributed by atoms with E-state index in [0.717, 1.165) is 48.7 Å². The molecule has 0 unspecified atom stereocenters. The quantitative estimate of drug-likeness (QED) is 0.682. The zero-order chi connectivity index (χ0) is 18.1. The maximum atomic E-state index is 13.0. The van der Waals surface area contributed by atoms with Crippen LogP contribution in [0.25, 0.3) is 21.5 Å². The summed E-state index contributed by atoms with van der Waals surface area (Å²) >= 11 is 1.78. The van der Waals surface area contributed by atoms with Gasteiger partial charge in [0.15, 0.2) is 0 Å². The molecule has 4 rings (SSSR count). The van der Waals surface area contributed by atoms with E-state index < -0.39 is 10.0 Å². The molecule has 0 amide bonds. The predicted molar refractivity (Wildman–Crippen MR) is 108 cm³/mol. The average Bonchev–Trinajstić information content (AvgIpc) is 3.19. The first-order valence-electron chi connectivity index (χ1n) is 9.30. The molecule has 1 N–H and O–H groups in total. The Morgan fingerprint density at radius 3 is 2.50 bits per heavy atom. The highest BCUT2D eigenvalue weighted by atomic mass is 32.2. The largest absolute Gasteiger partial charge is 0.354 e. The van der Waals surface area contributed by atoms with E-state index in [-0.39, 0.29) is 0 Å². The third kappa shape index (κ3) is 3.33. The first kappa shape index (κ1) is 17.8. The van der Waals surface area contributed by atoms with Gasteiger partial charge in [-0.3, -0.25) is 0 Å². The number of H-pyrrole nitrogens is 1. The van der Waals surface area contributed by atoms with Crippen molar-refractivity contribution < 1.29 is 8.42 Å². The summed E-state index contributed by atoms with van der Waals surface area (Å²) in [5.74, 6) is 0. The molecule has 1 aliphatic heterocycles. The number of aryl methyl sites for hydroxylation is 1. The lowest BCUT2D eigenvalue weighted by Crippen LogP contribution is -2.31. The summed E-state index contributed by atoms with van der Waals surface area (Å²) in [6, 6.07) is 11.8. The van der Waals surface area contributed by atoms with Gasteiger partial charge in [0, 0.05) is 28.9 Å². The Morgan fingerprint density at radius 2 is 1.81 bits per heavy atom. The van der Waals surface area contributed by atoms with Crippen molar-refractivity contribution in [1.29, 1.82) is 0 Å². The van der Waals surface area contributed by atoms with Gasteiger partial charge >= 0.3 is 0 Å². The van der Waals surface area contributed by atoms with Crippen LogP contribution in [0.5, 0.6) is 0 Å². The van der Waals surface area contributed by atoms with E-state index in [4.69, 9.17) is 0 Å². The molecule has 0 spiro atoms. The van der Waals surface area contributed by atoms with Crippen molar-refractivity contribution >= 4 is 32.3 Å². The number of fused-ring (bicyclic) bond motifs is 1.